The van der Waals surface area contributed by atoms with E-state index in [4.69, 9.17) is 4.84 Å². The van der Waals surface area contributed by atoms with Crippen molar-refractivity contribution in [3.8, 4) is 11.4 Å². The van der Waals surface area contributed by atoms with Crippen LogP contribution in [0.15, 0.2) is 52.9 Å². The summed E-state index contributed by atoms with van der Waals surface area (Å²) in [5, 5.41) is 12.9. The van der Waals surface area contributed by atoms with Crippen LogP contribution in [-0.2, 0) is 9.63 Å². The van der Waals surface area contributed by atoms with E-state index in [9.17, 15) is 18.0 Å². The molecule has 198 valence electrons. The first-order valence-electron chi connectivity index (χ1n) is 11.6. The van der Waals surface area contributed by atoms with Crippen LogP contribution in [0.3, 0.4) is 0 Å². The number of benzene rings is 1. The molecule has 3 heterocycles. The average Bonchev–Trinajstić information content (AvgIpc) is 3.48. The highest BCUT2D eigenvalue weighted by Gasteiger charge is 2.45. The number of aliphatic imine (C=N–C) groups is 1. The summed E-state index contributed by atoms with van der Waals surface area (Å²) in [5.74, 6) is -1.86. The molecule has 5 rings (SSSR count). The second-order valence-corrected chi connectivity index (χ2v) is 8.75. The number of aryl methyl sites for hydroxylation is 2. The Kier molecular flexibility index (Phi) is 7.84. The third-order valence-electron chi connectivity index (χ3n) is 5.77. The molecule has 1 aliphatic rings. The number of H-pyrrole nitrogens is 1. The third-order valence-corrected chi connectivity index (χ3v) is 5.77. The van der Waals surface area contributed by atoms with Gasteiger partial charge in [-0.3, -0.25) is 9.89 Å². The Labute approximate surface area is 215 Å². The topological polar surface area (TPSA) is 122 Å². The molecule has 13 heteroatoms. The number of nitrogens with one attached hydrogen (secondary N) is 2. The highest BCUT2D eigenvalue weighted by molar-refractivity contribution is 6.02. The number of carbonyl (C=O) groups excluding carboxylic acids is 1. The first-order valence-corrected chi connectivity index (χ1v) is 11.6. The van der Waals surface area contributed by atoms with E-state index in [2.05, 4.69) is 42.3 Å². The van der Waals surface area contributed by atoms with Gasteiger partial charge in [-0.15, -0.1) is 0 Å². The van der Waals surface area contributed by atoms with E-state index >= 15 is 0 Å². The fourth-order valence-corrected chi connectivity index (χ4v) is 3.82. The number of amides is 1. The molecule has 0 saturated heterocycles. The minimum atomic E-state index is -2.61. The first kappa shape index (κ1) is 26.5. The third kappa shape index (κ3) is 6.22. The number of fused-ring (bicyclic) bond motifs is 1. The molecular formula is C25H25F3N8O2. The van der Waals surface area contributed by atoms with Crippen LogP contribution in [0.1, 0.15) is 29.9 Å². The molecule has 2 N–H and O–H groups in total. The number of carbonyl (C=O) groups is 1. The molecule has 38 heavy (non-hydrogen) atoms. The zero-order valence-electron chi connectivity index (χ0n) is 20.7. The summed E-state index contributed by atoms with van der Waals surface area (Å²) in [4.78, 5) is 27.6. The van der Waals surface area contributed by atoms with Crippen molar-refractivity contribution in [3.63, 3.8) is 0 Å². The lowest BCUT2D eigenvalue weighted by Gasteiger charge is -2.33. The van der Waals surface area contributed by atoms with Gasteiger partial charge >= 0.3 is 0 Å². The molecule has 1 saturated carbocycles. The molecule has 1 aliphatic carbocycles. The number of halogens is 3. The normalized spacial score (nSPS) is 14.8. The summed E-state index contributed by atoms with van der Waals surface area (Å²) in [5.41, 5.74) is 3.36. The predicted octanol–water partition coefficient (Wildman–Crippen LogP) is 4.55. The molecule has 0 bridgehead atoms. The Bertz CT molecular complexity index is 1470. The van der Waals surface area contributed by atoms with Crippen LogP contribution >= 0.6 is 0 Å². The molecule has 3 aromatic heterocycles. The Morgan fingerprint density at radius 1 is 1.32 bits per heavy atom. The maximum atomic E-state index is 13.4. The number of nitrogens with zero attached hydrogens (tertiary/aromatic N) is 6. The van der Waals surface area contributed by atoms with Gasteiger partial charge in [0.15, 0.2) is 11.7 Å². The molecule has 0 spiro atoms. The van der Waals surface area contributed by atoms with E-state index in [0.29, 0.717) is 17.8 Å². The number of hydrogen-bond donors (Lipinski definition) is 2. The van der Waals surface area contributed by atoms with E-state index in [1.807, 2.05) is 42.8 Å². The van der Waals surface area contributed by atoms with E-state index < -0.39 is 11.7 Å². The van der Waals surface area contributed by atoms with Crippen molar-refractivity contribution in [2.45, 2.75) is 32.6 Å². The molecule has 0 radical (unpaired) electrons. The van der Waals surface area contributed by atoms with E-state index in [0.717, 1.165) is 28.8 Å². The summed E-state index contributed by atoms with van der Waals surface area (Å²) < 4.78 is 40.8. The number of aromatic amines is 1. The Balaban J connectivity index is 0.000000185. The van der Waals surface area contributed by atoms with Crippen molar-refractivity contribution >= 4 is 30.3 Å². The summed E-state index contributed by atoms with van der Waals surface area (Å²) in [6.07, 6.45) is 3.75. The number of alkyl halides is 2. The fourth-order valence-electron chi connectivity index (χ4n) is 3.82. The van der Waals surface area contributed by atoms with Crippen LogP contribution in [0.5, 0.6) is 0 Å². The maximum absolute atomic E-state index is 13.4. The van der Waals surface area contributed by atoms with Crippen molar-refractivity contribution in [2.24, 2.45) is 16.1 Å². The lowest BCUT2D eigenvalue weighted by atomic mass is 9.82. The van der Waals surface area contributed by atoms with Crippen molar-refractivity contribution in [2.75, 3.05) is 11.9 Å². The maximum Gasteiger partial charge on any atom is 0.248 e. The van der Waals surface area contributed by atoms with E-state index in [-0.39, 0.29) is 36.9 Å². The van der Waals surface area contributed by atoms with Gasteiger partial charge in [0.25, 0.3) is 0 Å². The van der Waals surface area contributed by atoms with Gasteiger partial charge in [-0.25, -0.2) is 28.1 Å². The molecule has 0 aliphatic heterocycles. The SMILES string of the molecule is C=N/C(=N\OCC1CC(F)(F)C1)c1ccc(F)c(NC=O)c1.Cc1nc(-c2ccc3ncc(C)n3c2)n[nH]1. The zero-order chi connectivity index (χ0) is 27.3. The van der Waals surface area contributed by atoms with Crippen molar-refractivity contribution < 1.29 is 22.8 Å². The van der Waals surface area contributed by atoms with Gasteiger partial charge in [0.2, 0.25) is 12.3 Å². The Morgan fingerprint density at radius 2 is 2.11 bits per heavy atom. The molecule has 0 unspecified atom stereocenters. The van der Waals surface area contributed by atoms with Gasteiger partial charge in [0, 0.05) is 48.0 Å². The Hall–Kier alpha value is -4.55. The van der Waals surface area contributed by atoms with Gasteiger partial charge < -0.3 is 14.6 Å². The Morgan fingerprint density at radius 3 is 2.76 bits per heavy atom. The highest BCUT2D eigenvalue weighted by atomic mass is 19.3. The number of rotatable bonds is 7. The number of aromatic nitrogens is 5. The van der Waals surface area contributed by atoms with Crippen molar-refractivity contribution in [1.29, 1.82) is 0 Å². The minimum Gasteiger partial charge on any atom is -0.394 e. The lowest BCUT2D eigenvalue weighted by molar-refractivity contribution is -0.128. The smallest absolute Gasteiger partial charge is 0.248 e. The molecule has 1 fully saturated rings. The number of imidazole rings is 1. The fraction of sp³-hybridized carbons (Fsp3) is 0.280. The number of pyridine rings is 1. The second-order valence-electron chi connectivity index (χ2n) is 8.75. The molecular weight excluding hydrogens is 501 g/mol. The van der Waals surface area contributed by atoms with Crippen LogP contribution in [-0.4, -0.2) is 56.1 Å². The van der Waals surface area contributed by atoms with Gasteiger partial charge in [-0.1, -0.05) is 5.16 Å². The number of hydrogen-bond acceptors (Lipinski definition) is 6. The van der Waals surface area contributed by atoms with E-state index in [1.165, 1.54) is 12.1 Å². The lowest BCUT2D eigenvalue weighted by Crippen LogP contribution is -2.37. The van der Waals surface area contributed by atoms with Crippen LogP contribution < -0.4 is 5.32 Å². The summed E-state index contributed by atoms with van der Waals surface area (Å²) >= 11 is 0. The zero-order valence-corrected chi connectivity index (χ0v) is 20.7. The van der Waals surface area contributed by atoms with Gasteiger partial charge in [0.1, 0.15) is 23.9 Å². The number of amidine groups is 1. The second kappa shape index (κ2) is 11.2. The van der Waals surface area contributed by atoms with Crippen LogP contribution in [0.25, 0.3) is 17.0 Å². The van der Waals surface area contributed by atoms with Crippen LogP contribution in [0.4, 0.5) is 18.9 Å². The van der Waals surface area contributed by atoms with Gasteiger partial charge in [0.05, 0.1) is 5.69 Å². The van der Waals surface area contributed by atoms with Crippen molar-refractivity contribution in [1.82, 2.24) is 24.6 Å². The largest absolute Gasteiger partial charge is 0.394 e. The predicted molar refractivity (Wildman–Crippen MR) is 136 cm³/mol. The van der Waals surface area contributed by atoms with Crippen LogP contribution in [0.2, 0.25) is 0 Å². The highest BCUT2D eigenvalue weighted by Crippen LogP contribution is 2.42. The minimum absolute atomic E-state index is 0.0394. The summed E-state index contributed by atoms with van der Waals surface area (Å²) in [6.45, 7) is 7.28. The molecule has 0 atom stereocenters. The van der Waals surface area contributed by atoms with Gasteiger partial charge in [-0.05, 0) is 50.9 Å². The van der Waals surface area contributed by atoms with Crippen LogP contribution in [0, 0.1) is 25.6 Å². The molecule has 1 aromatic carbocycles. The monoisotopic (exact) mass is 526 g/mol. The van der Waals surface area contributed by atoms with E-state index in [1.54, 1.807) is 0 Å². The number of anilines is 1. The average molecular weight is 527 g/mol. The first-order chi connectivity index (χ1) is 18.2. The summed E-state index contributed by atoms with van der Waals surface area (Å²) in [6, 6.07) is 7.78. The van der Waals surface area contributed by atoms with Gasteiger partial charge in [-0.2, -0.15) is 5.10 Å². The number of oxime groups is 1. The molecule has 1 amide bonds. The van der Waals surface area contributed by atoms with Crippen molar-refractivity contribution in [3.05, 3.63) is 65.6 Å². The summed E-state index contributed by atoms with van der Waals surface area (Å²) in [7, 11) is 0. The molecule has 10 nitrogen and oxygen atoms in total. The standard InChI is InChI=1S/C14H14F3N3O2.C11H11N5/c1-18-13(20-22-7-9-5-14(16,17)6-9)10-2-3-11(15)12(4-10)19-8-21;1-7-5-12-10-4-3-9(6-16(7)10)11-13-8(2)14-15-11/h2-4,8-9H,1,5-7H2,(H,19,21);3-6H,1-2H3,(H,13,14,15)/b20-13-;. The quantitative estimate of drug-likeness (QED) is 0.158. The molecule has 4 aromatic rings.